The van der Waals surface area contributed by atoms with Gasteiger partial charge >= 0.3 is 0 Å². The van der Waals surface area contributed by atoms with Crippen LogP contribution in [0.1, 0.15) is 31.7 Å². The molecular formula is C22H25F2NO3. The molecule has 1 aromatic carbocycles. The summed E-state index contributed by atoms with van der Waals surface area (Å²) < 4.78 is 39.9. The van der Waals surface area contributed by atoms with Crippen LogP contribution < -0.4 is 4.74 Å². The van der Waals surface area contributed by atoms with E-state index in [1.54, 1.807) is 13.2 Å². The molecule has 0 radical (unpaired) electrons. The zero-order valence-electron chi connectivity index (χ0n) is 16.1. The van der Waals surface area contributed by atoms with E-state index in [4.69, 9.17) is 14.3 Å². The molecule has 0 saturated heterocycles. The van der Waals surface area contributed by atoms with Gasteiger partial charge in [0.1, 0.15) is 17.6 Å². The van der Waals surface area contributed by atoms with Crippen LogP contribution in [0.15, 0.2) is 53.7 Å². The maximum absolute atomic E-state index is 14.1. The smallest absolute Gasteiger partial charge is 0.275 e. The first-order chi connectivity index (χ1) is 13.5. The number of rotatable bonds is 5. The lowest BCUT2D eigenvalue weighted by Gasteiger charge is -2.42. The fourth-order valence-corrected chi connectivity index (χ4v) is 4.43. The third-order valence-electron chi connectivity index (χ3n) is 6.16. The second-order valence-electron chi connectivity index (χ2n) is 7.79. The van der Waals surface area contributed by atoms with E-state index in [-0.39, 0.29) is 18.8 Å². The summed E-state index contributed by atoms with van der Waals surface area (Å²) in [5.41, 5.74) is 1.11. The number of oxime groups is 1. The lowest BCUT2D eigenvalue weighted by molar-refractivity contribution is -0.114. The number of hydrogen-bond acceptors (Lipinski definition) is 4. The van der Waals surface area contributed by atoms with Crippen molar-refractivity contribution in [1.82, 2.24) is 0 Å². The molecule has 0 aromatic heterocycles. The van der Waals surface area contributed by atoms with Crippen molar-refractivity contribution in [2.24, 2.45) is 16.5 Å². The van der Waals surface area contributed by atoms with Gasteiger partial charge in [-0.1, -0.05) is 35.5 Å². The number of hydrogen-bond donors (Lipinski definition) is 0. The fourth-order valence-electron chi connectivity index (χ4n) is 4.43. The van der Waals surface area contributed by atoms with E-state index < -0.39 is 17.3 Å². The molecule has 0 N–H and O–H groups in total. The van der Waals surface area contributed by atoms with E-state index in [0.717, 1.165) is 36.6 Å². The number of alkyl halides is 2. The standard InChI is InChI=1S/C22H25F2NO3/c1-21-18(27-14-15-8-5-6-13-22(15,23)24)11-7-12-19(21)28-25-20(21)16-9-3-4-10-17(16)26-2/h3-6,8-10,13,15,18-19H,7,11-12,14H2,1-2H3. The van der Waals surface area contributed by atoms with Crippen LogP contribution in [0, 0.1) is 11.3 Å². The first-order valence-electron chi connectivity index (χ1n) is 9.70. The van der Waals surface area contributed by atoms with Crippen molar-refractivity contribution < 1.29 is 23.1 Å². The molecule has 0 spiro atoms. The molecule has 1 aliphatic heterocycles. The van der Waals surface area contributed by atoms with Gasteiger partial charge in [-0.25, -0.2) is 8.78 Å². The Labute approximate surface area is 163 Å². The molecule has 0 amide bonds. The second kappa shape index (κ2) is 7.32. The number of ether oxygens (including phenoxy) is 2. The van der Waals surface area contributed by atoms with Gasteiger partial charge in [0, 0.05) is 5.56 Å². The minimum Gasteiger partial charge on any atom is -0.496 e. The molecule has 3 aliphatic rings. The van der Waals surface area contributed by atoms with Crippen LogP contribution in [-0.4, -0.2) is 37.6 Å². The van der Waals surface area contributed by atoms with Crippen molar-refractivity contribution in [2.75, 3.05) is 13.7 Å². The van der Waals surface area contributed by atoms with E-state index in [1.807, 2.05) is 24.3 Å². The van der Waals surface area contributed by atoms with Gasteiger partial charge in [-0.2, -0.15) is 0 Å². The lowest BCUT2D eigenvalue weighted by atomic mass is 9.66. The van der Waals surface area contributed by atoms with Crippen molar-refractivity contribution in [3.8, 4) is 5.75 Å². The predicted octanol–water partition coefficient (Wildman–Crippen LogP) is 4.75. The summed E-state index contributed by atoms with van der Waals surface area (Å²) in [6.07, 6.45) is 7.65. The summed E-state index contributed by atoms with van der Waals surface area (Å²) in [6.45, 7) is 2.02. The van der Waals surface area contributed by atoms with Crippen LogP contribution in [0.2, 0.25) is 0 Å². The zero-order valence-corrected chi connectivity index (χ0v) is 16.1. The van der Waals surface area contributed by atoms with Gasteiger partial charge in [0.25, 0.3) is 5.92 Å². The molecule has 150 valence electrons. The number of para-hydroxylation sites is 1. The van der Waals surface area contributed by atoms with Crippen molar-refractivity contribution in [3.05, 3.63) is 54.1 Å². The topological polar surface area (TPSA) is 40.0 Å². The van der Waals surface area contributed by atoms with E-state index in [2.05, 4.69) is 12.1 Å². The molecule has 1 saturated carbocycles. The van der Waals surface area contributed by atoms with Crippen LogP contribution in [0.25, 0.3) is 0 Å². The van der Waals surface area contributed by atoms with Gasteiger partial charge in [0.05, 0.1) is 31.2 Å². The Morgan fingerprint density at radius 1 is 1.21 bits per heavy atom. The highest BCUT2D eigenvalue weighted by molar-refractivity contribution is 6.07. The normalized spacial score (nSPS) is 33.1. The van der Waals surface area contributed by atoms with Crippen LogP contribution in [-0.2, 0) is 9.57 Å². The number of allylic oxidation sites excluding steroid dienone is 3. The number of halogens is 2. The Morgan fingerprint density at radius 3 is 2.82 bits per heavy atom. The average Bonchev–Trinajstić information content (AvgIpc) is 3.04. The minimum absolute atomic E-state index is 0.0416. The summed E-state index contributed by atoms with van der Waals surface area (Å²) in [7, 11) is 1.62. The predicted molar refractivity (Wildman–Crippen MR) is 103 cm³/mol. The lowest BCUT2D eigenvalue weighted by Crippen LogP contribution is -2.51. The van der Waals surface area contributed by atoms with E-state index in [9.17, 15) is 8.78 Å². The Balaban J connectivity index is 1.59. The second-order valence-corrected chi connectivity index (χ2v) is 7.79. The summed E-state index contributed by atoms with van der Waals surface area (Å²) in [5.74, 6) is -3.14. The van der Waals surface area contributed by atoms with Crippen LogP contribution in [0.5, 0.6) is 5.75 Å². The molecule has 4 unspecified atom stereocenters. The van der Waals surface area contributed by atoms with Crippen LogP contribution >= 0.6 is 0 Å². The molecule has 0 bridgehead atoms. The molecule has 28 heavy (non-hydrogen) atoms. The van der Waals surface area contributed by atoms with Gasteiger partial charge in [0.15, 0.2) is 0 Å². The first kappa shape index (κ1) is 19.1. The highest BCUT2D eigenvalue weighted by Crippen LogP contribution is 2.48. The van der Waals surface area contributed by atoms with Crippen molar-refractivity contribution in [2.45, 2.75) is 44.3 Å². The van der Waals surface area contributed by atoms with Crippen LogP contribution in [0.4, 0.5) is 8.78 Å². The van der Waals surface area contributed by atoms with E-state index in [1.165, 1.54) is 12.2 Å². The van der Waals surface area contributed by atoms with Crippen molar-refractivity contribution >= 4 is 5.71 Å². The maximum Gasteiger partial charge on any atom is 0.275 e. The maximum atomic E-state index is 14.1. The fraction of sp³-hybridized carbons (Fsp3) is 0.500. The van der Waals surface area contributed by atoms with Crippen molar-refractivity contribution in [3.63, 3.8) is 0 Å². The van der Waals surface area contributed by atoms with Gasteiger partial charge < -0.3 is 14.3 Å². The average molecular weight is 389 g/mol. The molecule has 4 nitrogen and oxygen atoms in total. The van der Waals surface area contributed by atoms with E-state index >= 15 is 0 Å². The highest BCUT2D eigenvalue weighted by Gasteiger charge is 2.55. The molecule has 2 aliphatic carbocycles. The molecule has 1 fully saturated rings. The quantitative estimate of drug-likeness (QED) is 0.730. The Morgan fingerprint density at radius 2 is 2.04 bits per heavy atom. The van der Waals surface area contributed by atoms with Crippen molar-refractivity contribution in [1.29, 1.82) is 0 Å². The molecular weight excluding hydrogens is 364 g/mol. The van der Waals surface area contributed by atoms with E-state index in [0.29, 0.717) is 5.75 Å². The zero-order chi connectivity index (χ0) is 19.8. The molecule has 6 heteroatoms. The SMILES string of the molecule is COc1ccccc1C1=NOC2CCCC(OCC3C=CC=CC3(F)F)C12C. The Kier molecular flexibility index (Phi) is 5.00. The third-order valence-corrected chi connectivity index (χ3v) is 6.16. The molecule has 1 aromatic rings. The molecule has 4 atom stereocenters. The minimum atomic E-state index is -2.89. The number of fused-ring (bicyclic) bond motifs is 1. The largest absolute Gasteiger partial charge is 0.496 e. The molecule has 1 heterocycles. The Bertz CT molecular complexity index is 820. The third kappa shape index (κ3) is 3.13. The summed E-state index contributed by atoms with van der Waals surface area (Å²) in [4.78, 5) is 5.77. The van der Waals surface area contributed by atoms with Gasteiger partial charge in [-0.05, 0) is 44.4 Å². The monoisotopic (exact) mass is 389 g/mol. The summed E-state index contributed by atoms with van der Waals surface area (Å²) >= 11 is 0. The number of nitrogens with zero attached hydrogens (tertiary/aromatic N) is 1. The first-order valence-corrected chi connectivity index (χ1v) is 9.70. The Hall–Kier alpha value is -2.21. The van der Waals surface area contributed by atoms with Gasteiger partial charge in [0.2, 0.25) is 0 Å². The molecule has 4 rings (SSSR count). The van der Waals surface area contributed by atoms with Gasteiger partial charge in [-0.3, -0.25) is 0 Å². The number of methoxy groups -OCH3 is 1. The summed E-state index contributed by atoms with van der Waals surface area (Å²) in [5, 5.41) is 4.39. The van der Waals surface area contributed by atoms with Crippen LogP contribution in [0.3, 0.4) is 0 Å². The van der Waals surface area contributed by atoms with Gasteiger partial charge in [-0.15, -0.1) is 0 Å². The summed E-state index contributed by atoms with van der Waals surface area (Å²) in [6, 6.07) is 7.66. The highest BCUT2D eigenvalue weighted by atomic mass is 19.3. The number of benzene rings is 1.